The van der Waals surface area contributed by atoms with E-state index in [4.69, 9.17) is 5.11 Å². The van der Waals surface area contributed by atoms with Gasteiger partial charge in [-0.25, -0.2) is 15.0 Å². The Morgan fingerprint density at radius 2 is 2.25 bits per heavy atom. The predicted molar refractivity (Wildman–Crippen MR) is 56.9 cm³/mol. The van der Waals surface area contributed by atoms with Gasteiger partial charge in [-0.2, -0.15) is 0 Å². The Hall–Kier alpha value is -1.98. The van der Waals surface area contributed by atoms with Gasteiger partial charge in [-0.1, -0.05) is 13.8 Å². The molecule has 2 unspecified atom stereocenters. The van der Waals surface area contributed by atoms with Crippen LogP contribution in [0.25, 0.3) is 11.2 Å². The van der Waals surface area contributed by atoms with Gasteiger partial charge >= 0.3 is 5.97 Å². The molecule has 0 aliphatic rings. The molecular formula is C10H12N4O2. The Morgan fingerprint density at radius 1 is 1.50 bits per heavy atom. The fourth-order valence-corrected chi connectivity index (χ4v) is 1.45. The molecule has 84 valence electrons. The highest BCUT2D eigenvalue weighted by Gasteiger charge is 2.23. The average molecular weight is 220 g/mol. The van der Waals surface area contributed by atoms with Crippen LogP contribution in [0.1, 0.15) is 25.6 Å². The van der Waals surface area contributed by atoms with Gasteiger partial charge in [0.05, 0.1) is 12.1 Å². The molecule has 2 atom stereocenters. The number of H-pyrrole nitrogens is 1. The van der Waals surface area contributed by atoms with Crippen LogP contribution < -0.4 is 0 Å². The number of aliphatic carboxylic acids is 1. The number of carboxylic acids is 1. The first-order chi connectivity index (χ1) is 7.59. The lowest BCUT2D eigenvalue weighted by molar-refractivity contribution is -0.141. The number of carbonyl (C=O) groups is 1. The smallest absolute Gasteiger partial charge is 0.306 e. The molecule has 2 N–H and O–H groups in total. The van der Waals surface area contributed by atoms with Gasteiger partial charge < -0.3 is 10.1 Å². The second kappa shape index (κ2) is 3.88. The number of aromatic nitrogens is 4. The zero-order chi connectivity index (χ0) is 11.7. The van der Waals surface area contributed by atoms with Gasteiger partial charge in [-0.05, 0) is 0 Å². The van der Waals surface area contributed by atoms with Crippen molar-refractivity contribution in [1.29, 1.82) is 0 Å². The normalized spacial score (nSPS) is 14.9. The summed E-state index contributed by atoms with van der Waals surface area (Å²) in [7, 11) is 0. The van der Waals surface area contributed by atoms with Crippen molar-refractivity contribution < 1.29 is 9.90 Å². The van der Waals surface area contributed by atoms with E-state index in [9.17, 15) is 4.79 Å². The minimum Gasteiger partial charge on any atom is -0.481 e. The highest BCUT2D eigenvalue weighted by Crippen LogP contribution is 2.23. The molecule has 0 saturated carbocycles. The summed E-state index contributed by atoms with van der Waals surface area (Å²) in [5.74, 6) is -0.885. The van der Waals surface area contributed by atoms with E-state index >= 15 is 0 Å². The summed E-state index contributed by atoms with van der Waals surface area (Å²) in [5.41, 5.74) is 1.29. The van der Waals surface area contributed by atoms with Crippen LogP contribution >= 0.6 is 0 Å². The lowest BCUT2D eigenvalue weighted by atomic mass is 9.96. The highest BCUT2D eigenvalue weighted by atomic mass is 16.4. The van der Waals surface area contributed by atoms with Gasteiger partial charge in [0.2, 0.25) is 0 Å². The first kappa shape index (κ1) is 10.5. The first-order valence-corrected chi connectivity index (χ1v) is 4.98. The maximum atomic E-state index is 10.9. The summed E-state index contributed by atoms with van der Waals surface area (Å²) in [4.78, 5) is 26.0. The molecule has 0 fully saturated rings. The number of hydrogen-bond acceptors (Lipinski definition) is 4. The second-order valence-electron chi connectivity index (χ2n) is 3.80. The number of nitrogens with zero attached hydrogens (tertiary/aromatic N) is 3. The van der Waals surface area contributed by atoms with Crippen molar-refractivity contribution >= 4 is 17.1 Å². The third-order valence-electron chi connectivity index (χ3n) is 2.75. The summed E-state index contributed by atoms with van der Waals surface area (Å²) in [6.07, 6.45) is 3.04. The minimum absolute atomic E-state index is 0.188. The largest absolute Gasteiger partial charge is 0.481 e. The Kier molecular flexibility index (Phi) is 2.55. The number of aromatic amines is 1. The molecule has 0 radical (unpaired) electrons. The van der Waals surface area contributed by atoms with Crippen LogP contribution in [0.15, 0.2) is 12.5 Å². The van der Waals surface area contributed by atoms with Crippen LogP contribution in [-0.2, 0) is 4.79 Å². The molecule has 6 nitrogen and oxygen atoms in total. The molecule has 2 aromatic rings. The van der Waals surface area contributed by atoms with Crippen LogP contribution in [0, 0.1) is 5.92 Å². The molecule has 0 aliphatic carbocycles. The summed E-state index contributed by atoms with van der Waals surface area (Å²) in [6.45, 7) is 3.48. The van der Waals surface area contributed by atoms with E-state index in [1.807, 2.05) is 6.92 Å². The fourth-order valence-electron chi connectivity index (χ4n) is 1.45. The third-order valence-corrected chi connectivity index (χ3v) is 2.75. The van der Waals surface area contributed by atoms with E-state index < -0.39 is 11.9 Å². The van der Waals surface area contributed by atoms with Crippen molar-refractivity contribution in [3.63, 3.8) is 0 Å². The van der Waals surface area contributed by atoms with Crippen LogP contribution in [0.4, 0.5) is 0 Å². The van der Waals surface area contributed by atoms with E-state index in [1.54, 1.807) is 13.1 Å². The van der Waals surface area contributed by atoms with Crippen molar-refractivity contribution in [2.45, 2.75) is 19.8 Å². The van der Waals surface area contributed by atoms with Crippen molar-refractivity contribution in [1.82, 2.24) is 19.9 Å². The molecule has 0 aromatic carbocycles. The maximum absolute atomic E-state index is 10.9. The minimum atomic E-state index is -0.834. The van der Waals surface area contributed by atoms with Gasteiger partial charge in [0.15, 0.2) is 5.65 Å². The van der Waals surface area contributed by atoms with Gasteiger partial charge in [0.25, 0.3) is 0 Å². The quantitative estimate of drug-likeness (QED) is 0.810. The number of hydrogen-bond donors (Lipinski definition) is 2. The molecule has 0 saturated heterocycles. The average Bonchev–Trinajstić information content (AvgIpc) is 2.70. The molecule has 16 heavy (non-hydrogen) atoms. The van der Waals surface area contributed by atoms with E-state index in [-0.39, 0.29) is 5.92 Å². The number of rotatable bonds is 3. The number of imidazole rings is 1. The van der Waals surface area contributed by atoms with Crippen molar-refractivity contribution in [2.24, 2.45) is 5.92 Å². The first-order valence-electron chi connectivity index (χ1n) is 4.98. The summed E-state index contributed by atoms with van der Waals surface area (Å²) in [6, 6.07) is 0. The van der Waals surface area contributed by atoms with Crippen LogP contribution in [0.3, 0.4) is 0 Å². The zero-order valence-electron chi connectivity index (χ0n) is 9.01. The Morgan fingerprint density at radius 3 is 2.88 bits per heavy atom. The molecule has 0 bridgehead atoms. The molecule has 2 heterocycles. The Bertz CT molecular complexity index is 489. The molecule has 2 rings (SSSR count). The fraction of sp³-hybridized carbons (Fsp3) is 0.400. The van der Waals surface area contributed by atoms with Crippen molar-refractivity contribution in [3.05, 3.63) is 18.3 Å². The van der Waals surface area contributed by atoms with Gasteiger partial charge in [0, 0.05) is 5.92 Å². The van der Waals surface area contributed by atoms with Gasteiger partial charge in [-0.15, -0.1) is 0 Å². The topological polar surface area (TPSA) is 91.8 Å². The second-order valence-corrected chi connectivity index (χ2v) is 3.80. The van der Waals surface area contributed by atoms with Crippen molar-refractivity contribution in [2.75, 3.05) is 0 Å². The standard InChI is InChI=1S/C10H12N4O2/c1-5(6(2)10(15)16)8-13-7-3-11-4-12-9(7)14-8/h3-6H,1-2H3,(H,15,16)(H,11,12,13,14). The molecule has 0 spiro atoms. The maximum Gasteiger partial charge on any atom is 0.306 e. The number of nitrogens with one attached hydrogen (secondary N) is 1. The molecule has 6 heteroatoms. The molecular weight excluding hydrogens is 208 g/mol. The van der Waals surface area contributed by atoms with Crippen LogP contribution in [0.2, 0.25) is 0 Å². The molecule has 2 aromatic heterocycles. The molecule has 0 aliphatic heterocycles. The van der Waals surface area contributed by atoms with Gasteiger partial charge in [-0.3, -0.25) is 4.79 Å². The lowest BCUT2D eigenvalue weighted by Crippen LogP contribution is -2.17. The van der Waals surface area contributed by atoms with E-state index in [0.717, 1.165) is 5.52 Å². The van der Waals surface area contributed by atoms with Crippen LogP contribution in [-0.4, -0.2) is 31.0 Å². The van der Waals surface area contributed by atoms with E-state index in [1.165, 1.54) is 6.33 Å². The summed E-state index contributed by atoms with van der Waals surface area (Å²) < 4.78 is 0. The zero-order valence-corrected chi connectivity index (χ0v) is 9.01. The van der Waals surface area contributed by atoms with E-state index in [2.05, 4.69) is 19.9 Å². The lowest BCUT2D eigenvalue weighted by Gasteiger charge is -2.12. The third kappa shape index (κ3) is 1.73. The Labute approximate surface area is 91.8 Å². The van der Waals surface area contributed by atoms with Crippen molar-refractivity contribution in [3.8, 4) is 0 Å². The SMILES string of the molecule is CC(C(=O)O)C(C)c1nc2ncncc2[nH]1. The summed E-state index contributed by atoms with van der Waals surface area (Å²) in [5, 5.41) is 8.92. The Balaban J connectivity index is 2.36. The number of carboxylic acid groups (broad SMARTS) is 1. The van der Waals surface area contributed by atoms with Crippen LogP contribution in [0.5, 0.6) is 0 Å². The molecule has 0 amide bonds. The predicted octanol–water partition coefficient (Wildman–Crippen LogP) is 1.18. The number of fused-ring (bicyclic) bond motifs is 1. The van der Waals surface area contributed by atoms with E-state index in [0.29, 0.717) is 11.5 Å². The highest BCUT2D eigenvalue weighted by molar-refractivity contribution is 5.72. The summed E-state index contributed by atoms with van der Waals surface area (Å²) >= 11 is 0. The van der Waals surface area contributed by atoms with Gasteiger partial charge in [0.1, 0.15) is 17.7 Å². The monoisotopic (exact) mass is 220 g/mol.